The first-order valence-electron chi connectivity index (χ1n) is 10.4. The van der Waals surface area contributed by atoms with Crippen molar-refractivity contribution in [3.05, 3.63) is 58.1 Å². The molecule has 0 spiro atoms. The molecule has 3 heterocycles. The Morgan fingerprint density at radius 3 is 2.70 bits per heavy atom. The van der Waals surface area contributed by atoms with E-state index in [9.17, 15) is 9.90 Å². The van der Waals surface area contributed by atoms with Crippen molar-refractivity contribution in [1.82, 2.24) is 4.90 Å². The van der Waals surface area contributed by atoms with E-state index in [1.54, 1.807) is 6.07 Å². The molecule has 2 fully saturated rings. The second-order valence-corrected chi connectivity index (χ2v) is 9.06. The van der Waals surface area contributed by atoms with Gasteiger partial charge in [0.2, 0.25) is 6.79 Å². The molecule has 0 radical (unpaired) electrons. The van der Waals surface area contributed by atoms with Gasteiger partial charge in [0.05, 0.1) is 11.7 Å². The Hall–Kier alpha value is -2.28. The molecular formula is C23H22ClNO5. The first-order chi connectivity index (χ1) is 14.6. The summed E-state index contributed by atoms with van der Waals surface area (Å²) in [4.78, 5) is 15.2. The number of aliphatic hydroxyl groups excluding tert-OH is 1. The number of likely N-dealkylation sites (tertiary alicyclic amines) is 1. The number of carbonyl (C=O) groups is 1. The molecule has 5 atom stereocenters. The summed E-state index contributed by atoms with van der Waals surface area (Å²) in [6, 6.07) is 11.8. The van der Waals surface area contributed by atoms with Crippen molar-refractivity contribution in [1.29, 1.82) is 0 Å². The standard InChI is InChI=1S/C23H22ClNO5/c24-14-3-1-12(2-4-14)10-25-6-5-13-7-17(26)22-20(21(13)25)15-8-18-19(29-11-28-18)9-16(15)23(27)30-22/h1-4,8-9,13,17,20-22,26H,5-7,10-11H2/t13-,17+,20+,21-,22+/m0/s1. The van der Waals surface area contributed by atoms with Gasteiger partial charge in [0.15, 0.2) is 11.5 Å². The Morgan fingerprint density at radius 2 is 1.90 bits per heavy atom. The van der Waals surface area contributed by atoms with Crippen LogP contribution in [0.15, 0.2) is 36.4 Å². The van der Waals surface area contributed by atoms with Crippen LogP contribution < -0.4 is 9.47 Å². The van der Waals surface area contributed by atoms with Gasteiger partial charge in [-0.2, -0.15) is 0 Å². The van der Waals surface area contributed by atoms with Gasteiger partial charge in [0.1, 0.15) is 6.10 Å². The van der Waals surface area contributed by atoms with E-state index >= 15 is 0 Å². The number of benzene rings is 2. The molecule has 0 bridgehead atoms. The van der Waals surface area contributed by atoms with Crippen molar-refractivity contribution < 1.29 is 24.1 Å². The highest BCUT2D eigenvalue weighted by atomic mass is 35.5. The molecule has 3 aliphatic heterocycles. The highest BCUT2D eigenvalue weighted by molar-refractivity contribution is 6.30. The number of carbonyl (C=O) groups excluding carboxylic acids is 1. The normalized spacial score (nSPS) is 31.7. The van der Waals surface area contributed by atoms with Crippen molar-refractivity contribution in [3.63, 3.8) is 0 Å². The van der Waals surface area contributed by atoms with Gasteiger partial charge in [-0.05, 0) is 60.7 Å². The molecule has 0 aromatic heterocycles. The maximum Gasteiger partial charge on any atom is 0.338 e. The lowest BCUT2D eigenvalue weighted by atomic mass is 9.69. The monoisotopic (exact) mass is 427 g/mol. The largest absolute Gasteiger partial charge is 0.455 e. The van der Waals surface area contributed by atoms with Crippen LogP contribution in [-0.4, -0.2) is 47.6 Å². The summed E-state index contributed by atoms with van der Waals surface area (Å²) < 4.78 is 16.8. The number of fused-ring (bicyclic) bond motifs is 6. The fourth-order valence-electron chi connectivity index (χ4n) is 5.72. The molecule has 30 heavy (non-hydrogen) atoms. The number of halogens is 1. The maximum absolute atomic E-state index is 12.7. The van der Waals surface area contributed by atoms with Gasteiger partial charge in [-0.1, -0.05) is 23.7 Å². The summed E-state index contributed by atoms with van der Waals surface area (Å²) in [6.07, 6.45) is 0.467. The molecule has 2 aromatic carbocycles. The number of aliphatic hydroxyl groups is 1. The first kappa shape index (κ1) is 18.5. The van der Waals surface area contributed by atoms with E-state index in [0.717, 1.165) is 30.1 Å². The first-order valence-corrected chi connectivity index (χ1v) is 10.8. The highest BCUT2D eigenvalue weighted by Crippen LogP contribution is 2.51. The van der Waals surface area contributed by atoms with Crippen LogP contribution in [-0.2, 0) is 11.3 Å². The maximum atomic E-state index is 12.7. The second-order valence-electron chi connectivity index (χ2n) is 8.63. The van der Waals surface area contributed by atoms with E-state index < -0.39 is 18.2 Å². The Morgan fingerprint density at radius 1 is 1.13 bits per heavy atom. The minimum absolute atomic E-state index is 0.101. The van der Waals surface area contributed by atoms with Crippen LogP contribution in [0.4, 0.5) is 0 Å². The molecule has 6 nitrogen and oxygen atoms in total. The molecule has 0 unspecified atom stereocenters. The number of hydrogen-bond acceptors (Lipinski definition) is 6. The summed E-state index contributed by atoms with van der Waals surface area (Å²) in [5.41, 5.74) is 2.62. The average molecular weight is 428 g/mol. The molecule has 2 aromatic rings. The number of nitrogens with zero attached hydrogens (tertiary/aromatic N) is 1. The Kier molecular flexibility index (Phi) is 4.23. The number of rotatable bonds is 2. The zero-order valence-corrected chi connectivity index (χ0v) is 17.0. The van der Waals surface area contributed by atoms with E-state index in [4.69, 9.17) is 25.8 Å². The third-order valence-corrected chi connectivity index (χ3v) is 7.25. The second kappa shape index (κ2) is 6.87. The molecule has 7 heteroatoms. The molecular weight excluding hydrogens is 406 g/mol. The smallest absolute Gasteiger partial charge is 0.338 e. The van der Waals surface area contributed by atoms with Crippen LogP contribution in [0.2, 0.25) is 5.02 Å². The topological polar surface area (TPSA) is 68.2 Å². The van der Waals surface area contributed by atoms with Crippen LogP contribution in [0.1, 0.15) is 40.2 Å². The van der Waals surface area contributed by atoms with Gasteiger partial charge in [0, 0.05) is 23.5 Å². The predicted octanol–water partition coefficient (Wildman–Crippen LogP) is 3.35. The molecule has 1 saturated carbocycles. The molecule has 0 amide bonds. The van der Waals surface area contributed by atoms with Gasteiger partial charge in [0.25, 0.3) is 0 Å². The van der Waals surface area contributed by atoms with Gasteiger partial charge < -0.3 is 19.3 Å². The third kappa shape index (κ3) is 2.82. The zero-order chi connectivity index (χ0) is 20.4. The van der Waals surface area contributed by atoms with E-state index in [-0.39, 0.29) is 18.8 Å². The lowest BCUT2D eigenvalue weighted by Crippen LogP contribution is -2.55. The molecule has 156 valence electrons. The molecule has 4 aliphatic rings. The van der Waals surface area contributed by atoms with E-state index in [0.29, 0.717) is 29.4 Å². The van der Waals surface area contributed by atoms with Crippen LogP contribution >= 0.6 is 11.6 Å². The van der Waals surface area contributed by atoms with E-state index in [1.807, 2.05) is 18.2 Å². The predicted molar refractivity (Wildman–Crippen MR) is 109 cm³/mol. The quantitative estimate of drug-likeness (QED) is 0.741. The van der Waals surface area contributed by atoms with Crippen LogP contribution in [0, 0.1) is 5.92 Å². The van der Waals surface area contributed by atoms with Crippen LogP contribution in [0.25, 0.3) is 0 Å². The highest BCUT2D eigenvalue weighted by Gasteiger charge is 2.54. The van der Waals surface area contributed by atoms with Crippen molar-refractivity contribution >= 4 is 17.6 Å². The average Bonchev–Trinajstić information content (AvgIpc) is 3.35. The third-order valence-electron chi connectivity index (χ3n) is 7.00. The Balaban J connectivity index is 1.41. The van der Waals surface area contributed by atoms with Gasteiger partial charge in [-0.25, -0.2) is 4.79 Å². The molecule has 1 saturated heterocycles. The summed E-state index contributed by atoms with van der Waals surface area (Å²) in [5.74, 6) is 1.08. The molecule has 1 N–H and O–H groups in total. The van der Waals surface area contributed by atoms with Gasteiger partial charge >= 0.3 is 5.97 Å². The minimum Gasteiger partial charge on any atom is -0.455 e. The molecule has 6 rings (SSSR count). The number of esters is 1. The molecule has 1 aliphatic carbocycles. The fraction of sp³-hybridized carbons (Fsp3) is 0.435. The minimum atomic E-state index is -0.658. The SMILES string of the molecule is O=C1O[C@H]2[C@H](c3cc4c(cc31)OCO4)[C@@H]1[C@@H](CCN1Cc1ccc(Cl)cc1)C[C@H]2O. The van der Waals surface area contributed by atoms with Crippen molar-refractivity contribution in [2.45, 2.75) is 43.6 Å². The number of ether oxygens (including phenoxy) is 3. The number of hydrogen-bond donors (Lipinski definition) is 1. The van der Waals surface area contributed by atoms with Crippen molar-refractivity contribution in [3.8, 4) is 11.5 Å². The van der Waals surface area contributed by atoms with E-state index in [1.165, 1.54) is 5.56 Å². The fourth-order valence-corrected chi connectivity index (χ4v) is 5.85. The Bertz CT molecular complexity index is 1010. The van der Waals surface area contributed by atoms with Crippen molar-refractivity contribution in [2.75, 3.05) is 13.3 Å². The summed E-state index contributed by atoms with van der Waals surface area (Å²) >= 11 is 6.05. The zero-order valence-electron chi connectivity index (χ0n) is 16.3. The summed E-state index contributed by atoms with van der Waals surface area (Å²) in [5, 5.41) is 11.6. The lowest BCUT2D eigenvalue weighted by Gasteiger charge is -2.47. The van der Waals surface area contributed by atoms with Crippen LogP contribution in [0.3, 0.4) is 0 Å². The van der Waals surface area contributed by atoms with Crippen molar-refractivity contribution in [2.24, 2.45) is 5.92 Å². The summed E-state index contributed by atoms with van der Waals surface area (Å²) in [6.45, 7) is 1.89. The van der Waals surface area contributed by atoms with E-state index in [2.05, 4.69) is 17.0 Å². The Labute approximate surface area is 179 Å². The van der Waals surface area contributed by atoms with Crippen LogP contribution in [0.5, 0.6) is 11.5 Å². The van der Waals surface area contributed by atoms with Gasteiger partial charge in [-0.3, -0.25) is 4.90 Å². The summed E-state index contributed by atoms with van der Waals surface area (Å²) in [7, 11) is 0. The van der Waals surface area contributed by atoms with Gasteiger partial charge in [-0.15, -0.1) is 0 Å². The lowest BCUT2D eigenvalue weighted by molar-refractivity contribution is -0.0805.